The lowest BCUT2D eigenvalue weighted by Gasteiger charge is -2.19. The highest BCUT2D eigenvalue weighted by molar-refractivity contribution is 5.93. The van der Waals surface area contributed by atoms with Crippen molar-refractivity contribution in [2.24, 2.45) is 5.73 Å². The maximum atomic E-state index is 11.4. The van der Waals surface area contributed by atoms with E-state index in [4.69, 9.17) is 24.7 Å². The molecule has 0 bridgehead atoms. The van der Waals surface area contributed by atoms with Crippen molar-refractivity contribution >= 4 is 5.91 Å². The molecule has 6 nitrogen and oxygen atoms in total. The van der Waals surface area contributed by atoms with Gasteiger partial charge in [-0.05, 0) is 18.2 Å². The van der Waals surface area contributed by atoms with E-state index in [1.54, 1.807) is 18.2 Å². The van der Waals surface area contributed by atoms with Crippen LogP contribution in [0.5, 0.6) is 0 Å². The second-order valence-corrected chi connectivity index (χ2v) is 3.86. The summed E-state index contributed by atoms with van der Waals surface area (Å²) < 4.78 is 20.7. The lowest BCUT2D eigenvalue weighted by atomic mass is 10.0. The van der Waals surface area contributed by atoms with Crippen LogP contribution < -0.4 is 5.73 Å². The third-order valence-corrected chi connectivity index (χ3v) is 2.66. The van der Waals surface area contributed by atoms with Crippen molar-refractivity contribution in [3.63, 3.8) is 0 Å². The summed E-state index contributed by atoms with van der Waals surface area (Å²) in [7, 11) is 6.04. The molecule has 0 saturated heterocycles. The number of ether oxygens (including phenoxy) is 4. The second-order valence-electron chi connectivity index (χ2n) is 3.86. The number of nitrogens with two attached hydrogens (primary N) is 1. The predicted molar refractivity (Wildman–Crippen MR) is 68.5 cm³/mol. The fourth-order valence-corrected chi connectivity index (χ4v) is 1.83. The van der Waals surface area contributed by atoms with Crippen LogP contribution in [0.4, 0.5) is 0 Å². The number of hydrogen-bond acceptors (Lipinski definition) is 5. The Morgan fingerprint density at radius 3 is 1.53 bits per heavy atom. The van der Waals surface area contributed by atoms with Gasteiger partial charge in [-0.3, -0.25) is 4.79 Å². The Kier molecular flexibility index (Phi) is 5.91. The number of benzene rings is 1. The smallest absolute Gasteiger partial charge is 0.248 e. The summed E-state index contributed by atoms with van der Waals surface area (Å²) in [4.78, 5) is 11.4. The van der Waals surface area contributed by atoms with Crippen LogP contribution in [0.25, 0.3) is 0 Å². The number of hydrogen-bond donors (Lipinski definition) is 1. The molecule has 2 N–H and O–H groups in total. The first-order chi connectivity index (χ1) is 9.07. The molecule has 106 valence electrons. The number of methoxy groups -OCH3 is 4. The highest BCUT2D eigenvalue weighted by atomic mass is 16.7. The minimum atomic E-state index is -0.590. The Hall–Kier alpha value is -1.47. The molecule has 0 spiro atoms. The van der Waals surface area contributed by atoms with Gasteiger partial charge >= 0.3 is 0 Å². The Bertz CT molecular complexity index is 397. The maximum absolute atomic E-state index is 11.4. The third-order valence-electron chi connectivity index (χ3n) is 2.66. The molecule has 1 aromatic carbocycles. The van der Waals surface area contributed by atoms with E-state index in [9.17, 15) is 4.79 Å². The van der Waals surface area contributed by atoms with Crippen LogP contribution in [0.15, 0.2) is 18.2 Å². The normalized spacial score (nSPS) is 11.3. The molecule has 1 rings (SSSR count). The maximum Gasteiger partial charge on any atom is 0.248 e. The minimum Gasteiger partial charge on any atom is -0.366 e. The quantitative estimate of drug-likeness (QED) is 0.756. The van der Waals surface area contributed by atoms with Crippen molar-refractivity contribution in [1.82, 2.24) is 0 Å². The number of carbonyl (C=O) groups is 1. The molecule has 0 aliphatic carbocycles. The van der Waals surface area contributed by atoms with Crippen LogP contribution in [0, 0.1) is 0 Å². The highest BCUT2D eigenvalue weighted by Crippen LogP contribution is 2.25. The van der Waals surface area contributed by atoms with E-state index >= 15 is 0 Å². The minimum absolute atomic E-state index is 0.339. The Morgan fingerprint density at radius 2 is 1.26 bits per heavy atom. The van der Waals surface area contributed by atoms with Crippen molar-refractivity contribution < 1.29 is 23.7 Å². The SMILES string of the molecule is COC(OC)c1cc(C(N)=O)cc(C(OC)OC)c1. The summed E-state index contributed by atoms with van der Waals surface area (Å²) in [5.41, 5.74) is 6.98. The van der Waals surface area contributed by atoms with E-state index < -0.39 is 18.5 Å². The van der Waals surface area contributed by atoms with Crippen molar-refractivity contribution in [2.75, 3.05) is 28.4 Å². The van der Waals surface area contributed by atoms with Gasteiger partial charge in [0.1, 0.15) is 0 Å². The van der Waals surface area contributed by atoms with Crippen LogP contribution >= 0.6 is 0 Å². The molecule has 0 radical (unpaired) electrons. The molecule has 0 fully saturated rings. The summed E-state index contributed by atoms with van der Waals surface area (Å²) >= 11 is 0. The summed E-state index contributed by atoms with van der Waals surface area (Å²) in [5.74, 6) is -0.542. The summed E-state index contributed by atoms with van der Waals surface area (Å²) in [6.45, 7) is 0. The molecule has 0 aliphatic rings. The second kappa shape index (κ2) is 7.20. The van der Waals surface area contributed by atoms with Gasteiger partial charge in [0, 0.05) is 45.1 Å². The Labute approximate surface area is 112 Å². The van der Waals surface area contributed by atoms with Gasteiger partial charge in [-0.1, -0.05) is 0 Å². The Balaban J connectivity index is 3.28. The molecule has 0 aromatic heterocycles. The molecular formula is C13H19NO5. The van der Waals surface area contributed by atoms with Crippen LogP contribution in [-0.2, 0) is 18.9 Å². The molecule has 19 heavy (non-hydrogen) atoms. The van der Waals surface area contributed by atoms with Gasteiger partial charge < -0.3 is 24.7 Å². The average Bonchev–Trinajstić information content (AvgIpc) is 2.41. The zero-order chi connectivity index (χ0) is 14.4. The molecular weight excluding hydrogens is 250 g/mol. The fourth-order valence-electron chi connectivity index (χ4n) is 1.83. The van der Waals surface area contributed by atoms with Crippen LogP contribution in [0.2, 0.25) is 0 Å². The van der Waals surface area contributed by atoms with Gasteiger partial charge in [-0.2, -0.15) is 0 Å². The predicted octanol–water partition coefficient (Wildman–Crippen LogP) is 1.37. The molecule has 0 heterocycles. The monoisotopic (exact) mass is 269 g/mol. The van der Waals surface area contributed by atoms with E-state index in [1.165, 1.54) is 28.4 Å². The number of rotatable bonds is 7. The van der Waals surface area contributed by atoms with E-state index in [1.807, 2.05) is 0 Å². The fraction of sp³-hybridized carbons (Fsp3) is 0.462. The topological polar surface area (TPSA) is 80.0 Å². The van der Waals surface area contributed by atoms with E-state index in [2.05, 4.69) is 0 Å². The summed E-state index contributed by atoms with van der Waals surface area (Å²) in [6.07, 6.45) is -1.18. The van der Waals surface area contributed by atoms with Gasteiger partial charge in [0.25, 0.3) is 0 Å². The summed E-state index contributed by atoms with van der Waals surface area (Å²) in [6, 6.07) is 5.01. The van der Waals surface area contributed by atoms with Crippen molar-refractivity contribution in [1.29, 1.82) is 0 Å². The lowest BCUT2D eigenvalue weighted by Crippen LogP contribution is -2.15. The molecule has 1 amide bonds. The van der Waals surface area contributed by atoms with Crippen LogP contribution in [-0.4, -0.2) is 34.3 Å². The molecule has 0 atom stereocenters. The largest absolute Gasteiger partial charge is 0.366 e. The van der Waals surface area contributed by atoms with Crippen LogP contribution in [0.3, 0.4) is 0 Å². The zero-order valence-electron chi connectivity index (χ0n) is 11.5. The number of carbonyl (C=O) groups excluding carboxylic acids is 1. The van der Waals surface area contributed by atoms with Crippen molar-refractivity contribution in [3.05, 3.63) is 34.9 Å². The standard InChI is InChI=1S/C13H19NO5/c1-16-12(17-2)9-5-8(11(14)15)6-10(7-9)13(18-3)19-4/h5-7,12-13H,1-4H3,(H2,14,15). The van der Waals surface area contributed by atoms with E-state index in [-0.39, 0.29) is 0 Å². The van der Waals surface area contributed by atoms with Crippen LogP contribution in [0.1, 0.15) is 34.1 Å². The first kappa shape index (κ1) is 15.6. The highest BCUT2D eigenvalue weighted by Gasteiger charge is 2.17. The van der Waals surface area contributed by atoms with Gasteiger partial charge in [-0.25, -0.2) is 0 Å². The average molecular weight is 269 g/mol. The van der Waals surface area contributed by atoms with Gasteiger partial charge in [0.15, 0.2) is 12.6 Å². The lowest BCUT2D eigenvalue weighted by molar-refractivity contribution is -0.110. The molecule has 0 saturated carbocycles. The van der Waals surface area contributed by atoms with E-state index in [0.29, 0.717) is 16.7 Å². The number of primary amides is 1. The zero-order valence-corrected chi connectivity index (χ0v) is 11.5. The van der Waals surface area contributed by atoms with E-state index in [0.717, 1.165) is 0 Å². The molecule has 1 aromatic rings. The molecule has 0 unspecified atom stereocenters. The molecule has 0 aliphatic heterocycles. The van der Waals surface area contributed by atoms with Gasteiger partial charge in [0.2, 0.25) is 5.91 Å². The van der Waals surface area contributed by atoms with Gasteiger partial charge in [-0.15, -0.1) is 0 Å². The first-order valence-electron chi connectivity index (χ1n) is 5.63. The Morgan fingerprint density at radius 1 is 0.895 bits per heavy atom. The summed E-state index contributed by atoms with van der Waals surface area (Å²) in [5, 5.41) is 0. The third kappa shape index (κ3) is 3.74. The first-order valence-corrected chi connectivity index (χ1v) is 5.63. The molecule has 6 heteroatoms. The van der Waals surface area contributed by atoms with Gasteiger partial charge in [0.05, 0.1) is 0 Å². The van der Waals surface area contributed by atoms with Crippen molar-refractivity contribution in [2.45, 2.75) is 12.6 Å². The number of amides is 1. The van der Waals surface area contributed by atoms with Crippen molar-refractivity contribution in [3.8, 4) is 0 Å².